The highest BCUT2D eigenvalue weighted by Gasteiger charge is 2.09. The van der Waals surface area contributed by atoms with Crippen molar-refractivity contribution in [3.8, 4) is 28.4 Å². The van der Waals surface area contributed by atoms with Gasteiger partial charge in [0.2, 0.25) is 0 Å². The fourth-order valence-electron chi connectivity index (χ4n) is 3.08. The molecule has 0 aliphatic carbocycles. The van der Waals surface area contributed by atoms with Crippen LogP contribution in [0.25, 0.3) is 11.1 Å². The van der Waals surface area contributed by atoms with E-state index in [2.05, 4.69) is 0 Å². The van der Waals surface area contributed by atoms with Crippen molar-refractivity contribution in [2.45, 2.75) is 0 Å². The lowest BCUT2D eigenvalue weighted by molar-refractivity contribution is 0.103. The lowest BCUT2D eigenvalue weighted by Gasteiger charge is -2.08. The van der Waals surface area contributed by atoms with Crippen LogP contribution in [0.2, 0.25) is 5.02 Å². The van der Waals surface area contributed by atoms with E-state index in [1.165, 1.54) is 0 Å². The van der Waals surface area contributed by atoms with Gasteiger partial charge in [-0.25, -0.2) is 0 Å². The molecular formula is C26H19ClO3. The van der Waals surface area contributed by atoms with Crippen LogP contribution in [0, 0.1) is 0 Å². The molecular weight excluding hydrogens is 396 g/mol. The zero-order valence-corrected chi connectivity index (χ0v) is 17.1. The Balaban J connectivity index is 1.44. The van der Waals surface area contributed by atoms with Gasteiger partial charge in [0, 0.05) is 16.1 Å². The molecule has 0 aliphatic heterocycles. The molecule has 0 heterocycles. The Hall–Kier alpha value is -3.56. The SMILES string of the molecule is COc1ccc(-c2ccc(Oc3ccc(C(=O)c4ccc(Cl)cc4)cc3)cc2)cc1. The van der Waals surface area contributed by atoms with Crippen LogP contribution in [0.4, 0.5) is 0 Å². The van der Waals surface area contributed by atoms with Gasteiger partial charge in [0.15, 0.2) is 5.78 Å². The molecule has 0 aromatic heterocycles. The fraction of sp³-hybridized carbons (Fsp3) is 0.0385. The van der Waals surface area contributed by atoms with E-state index in [0.29, 0.717) is 21.9 Å². The number of methoxy groups -OCH3 is 1. The smallest absolute Gasteiger partial charge is 0.193 e. The third kappa shape index (κ3) is 4.53. The van der Waals surface area contributed by atoms with Crippen molar-refractivity contribution in [1.82, 2.24) is 0 Å². The standard InChI is InChI=1S/C26H19ClO3/c1-29-23-12-4-18(5-13-23)19-6-14-24(15-7-19)30-25-16-8-21(9-17-25)26(28)20-2-10-22(27)11-3-20/h2-17H,1H3. The number of benzene rings is 4. The zero-order valence-electron chi connectivity index (χ0n) is 16.3. The van der Waals surface area contributed by atoms with Gasteiger partial charge in [-0.15, -0.1) is 0 Å². The van der Waals surface area contributed by atoms with E-state index in [-0.39, 0.29) is 5.78 Å². The summed E-state index contributed by atoms with van der Waals surface area (Å²) >= 11 is 5.88. The van der Waals surface area contributed by atoms with Gasteiger partial charge in [0.25, 0.3) is 0 Å². The van der Waals surface area contributed by atoms with Crippen LogP contribution in [0.3, 0.4) is 0 Å². The molecule has 30 heavy (non-hydrogen) atoms. The Labute approximate surface area is 180 Å². The number of hydrogen-bond acceptors (Lipinski definition) is 3. The average Bonchev–Trinajstić information content (AvgIpc) is 2.80. The van der Waals surface area contributed by atoms with Crippen molar-refractivity contribution in [2.75, 3.05) is 7.11 Å². The van der Waals surface area contributed by atoms with Gasteiger partial charge in [-0.05, 0) is 83.9 Å². The number of ether oxygens (including phenoxy) is 2. The minimum Gasteiger partial charge on any atom is -0.497 e. The molecule has 0 N–H and O–H groups in total. The van der Waals surface area contributed by atoms with Crippen LogP contribution in [-0.2, 0) is 0 Å². The quantitative estimate of drug-likeness (QED) is 0.317. The number of carbonyl (C=O) groups excluding carboxylic acids is 1. The Kier molecular flexibility index (Phi) is 5.82. The highest BCUT2D eigenvalue weighted by atomic mass is 35.5. The highest BCUT2D eigenvalue weighted by molar-refractivity contribution is 6.30. The van der Waals surface area contributed by atoms with Crippen LogP contribution in [0.1, 0.15) is 15.9 Å². The molecule has 0 saturated heterocycles. The van der Waals surface area contributed by atoms with Crippen molar-refractivity contribution in [1.29, 1.82) is 0 Å². The second-order valence-corrected chi connectivity index (χ2v) is 7.15. The van der Waals surface area contributed by atoms with Crippen molar-refractivity contribution >= 4 is 17.4 Å². The van der Waals surface area contributed by atoms with Crippen LogP contribution in [-0.4, -0.2) is 12.9 Å². The predicted molar refractivity (Wildman–Crippen MR) is 120 cm³/mol. The maximum Gasteiger partial charge on any atom is 0.193 e. The topological polar surface area (TPSA) is 35.5 Å². The summed E-state index contributed by atoms with van der Waals surface area (Å²) in [6, 6.07) is 29.7. The summed E-state index contributed by atoms with van der Waals surface area (Å²) in [6.45, 7) is 0. The maximum atomic E-state index is 12.5. The summed E-state index contributed by atoms with van der Waals surface area (Å²) < 4.78 is 11.1. The summed E-state index contributed by atoms with van der Waals surface area (Å²) in [7, 11) is 1.65. The van der Waals surface area contributed by atoms with Crippen molar-refractivity contribution < 1.29 is 14.3 Å². The van der Waals surface area contributed by atoms with E-state index in [1.54, 1.807) is 55.6 Å². The van der Waals surface area contributed by atoms with Gasteiger partial charge in [-0.3, -0.25) is 4.79 Å². The van der Waals surface area contributed by atoms with Gasteiger partial charge in [-0.1, -0.05) is 35.9 Å². The minimum atomic E-state index is -0.0536. The van der Waals surface area contributed by atoms with Crippen molar-refractivity contribution in [2.24, 2.45) is 0 Å². The maximum absolute atomic E-state index is 12.5. The van der Waals surface area contributed by atoms with Crippen LogP contribution in [0.15, 0.2) is 97.1 Å². The Morgan fingerprint density at radius 1 is 0.600 bits per heavy atom. The normalized spacial score (nSPS) is 10.5. The summed E-state index contributed by atoms with van der Waals surface area (Å²) in [4.78, 5) is 12.5. The Morgan fingerprint density at radius 2 is 1.00 bits per heavy atom. The van der Waals surface area contributed by atoms with Crippen LogP contribution in [0.5, 0.6) is 17.2 Å². The van der Waals surface area contributed by atoms with E-state index in [9.17, 15) is 4.79 Å². The summed E-state index contributed by atoms with van der Waals surface area (Å²) in [6.07, 6.45) is 0. The molecule has 4 aromatic rings. The molecule has 148 valence electrons. The van der Waals surface area contributed by atoms with Gasteiger partial charge >= 0.3 is 0 Å². The monoisotopic (exact) mass is 414 g/mol. The van der Waals surface area contributed by atoms with Crippen LogP contribution >= 0.6 is 11.6 Å². The Bertz CT molecular complexity index is 1130. The molecule has 0 aliphatic rings. The second kappa shape index (κ2) is 8.85. The lowest BCUT2D eigenvalue weighted by atomic mass is 10.0. The molecule has 0 unspecified atom stereocenters. The molecule has 0 radical (unpaired) electrons. The molecule has 3 nitrogen and oxygen atoms in total. The van der Waals surface area contributed by atoms with E-state index >= 15 is 0 Å². The number of hydrogen-bond donors (Lipinski definition) is 0. The molecule has 0 amide bonds. The molecule has 0 bridgehead atoms. The first-order valence-electron chi connectivity index (χ1n) is 9.45. The van der Waals surface area contributed by atoms with Gasteiger partial charge in [0.1, 0.15) is 17.2 Å². The van der Waals surface area contributed by atoms with E-state index < -0.39 is 0 Å². The van der Waals surface area contributed by atoms with Gasteiger partial charge in [0.05, 0.1) is 7.11 Å². The minimum absolute atomic E-state index is 0.0536. The second-order valence-electron chi connectivity index (χ2n) is 6.72. The molecule has 4 rings (SSSR count). The first-order chi connectivity index (χ1) is 14.6. The molecule has 0 spiro atoms. The average molecular weight is 415 g/mol. The van der Waals surface area contributed by atoms with Gasteiger partial charge in [-0.2, -0.15) is 0 Å². The molecule has 0 atom stereocenters. The Morgan fingerprint density at radius 3 is 1.47 bits per heavy atom. The van der Waals surface area contributed by atoms with Crippen molar-refractivity contribution in [3.05, 3.63) is 113 Å². The lowest BCUT2D eigenvalue weighted by Crippen LogP contribution is -2.00. The summed E-state index contributed by atoms with van der Waals surface area (Å²) in [5.41, 5.74) is 3.39. The largest absolute Gasteiger partial charge is 0.497 e. The van der Waals surface area contributed by atoms with E-state index in [1.807, 2.05) is 48.5 Å². The molecule has 4 heteroatoms. The van der Waals surface area contributed by atoms with Crippen LogP contribution < -0.4 is 9.47 Å². The third-order valence-electron chi connectivity index (χ3n) is 4.74. The van der Waals surface area contributed by atoms with E-state index in [0.717, 1.165) is 22.6 Å². The number of ketones is 1. The molecule has 4 aromatic carbocycles. The fourth-order valence-corrected chi connectivity index (χ4v) is 3.20. The number of halogens is 1. The predicted octanol–water partition coefficient (Wildman–Crippen LogP) is 7.04. The number of carbonyl (C=O) groups is 1. The van der Waals surface area contributed by atoms with Crippen molar-refractivity contribution in [3.63, 3.8) is 0 Å². The third-order valence-corrected chi connectivity index (χ3v) is 4.99. The molecule has 0 saturated carbocycles. The molecule has 0 fully saturated rings. The van der Waals surface area contributed by atoms with Gasteiger partial charge < -0.3 is 9.47 Å². The summed E-state index contributed by atoms with van der Waals surface area (Å²) in [5.74, 6) is 2.17. The number of rotatable bonds is 6. The summed E-state index contributed by atoms with van der Waals surface area (Å²) in [5, 5.41) is 0.605. The highest BCUT2D eigenvalue weighted by Crippen LogP contribution is 2.27. The first-order valence-corrected chi connectivity index (χ1v) is 9.83. The van der Waals surface area contributed by atoms with E-state index in [4.69, 9.17) is 21.1 Å². The first kappa shape index (κ1) is 19.7. The zero-order chi connectivity index (χ0) is 20.9.